The van der Waals surface area contributed by atoms with E-state index in [1.807, 2.05) is 0 Å². The fourth-order valence-corrected chi connectivity index (χ4v) is 1.02. The van der Waals surface area contributed by atoms with Gasteiger partial charge in [-0.3, -0.25) is 4.79 Å². The SMILES string of the molecule is COc1nc(NC(=O)C(F)(F)F)ccc1C(=O)O. The van der Waals surface area contributed by atoms with Gasteiger partial charge in [-0.2, -0.15) is 18.2 Å². The Bertz CT molecular complexity index is 487. The van der Waals surface area contributed by atoms with Crippen LogP contribution in [0.2, 0.25) is 0 Å². The zero-order chi connectivity index (χ0) is 13.9. The van der Waals surface area contributed by atoms with Crippen LogP contribution in [0.1, 0.15) is 10.4 Å². The van der Waals surface area contributed by atoms with Gasteiger partial charge in [-0.15, -0.1) is 0 Å². The lowest BCUT2D eigenvalue weighted by atomic mass is 10.2. The number of ether oxygens (including phenoxy) is 1. The number of halogens is 3. The summed E-state index contributed by atoms with van der Waals surface area (Å²) in [6.45, 7) is 0. The predicted molar refractivity (Wildman–Crippen MR) is 52.4 cm³/mol. The summed E-state index contributed by atoms with van der Waals surface area (Å²) in [6, 6.07) is 1.90. The number of rotatable bonds is 3. The number of hydrogen-bond acceptors (Lipinski definition) is 4. The first kappa shape index (κ1) is 13.7. The molecule has 0 aliphatic rings. The molecule has 6 nitrogen and oxygen atoms in total. The third kappa shape index (κ3) is 3.09. The minimum Gasteiger partial charge on any atom is -0.480 e. The van der Waals surface area contributed by atoms with Gasteiger partial charge in [0.2, 0.25) is 5.88 Å². The smallest absolute Gasteiger partial charge is 0.471 e. The molecule has 0 radical (unpaired) electrons. The number of carboxylic acid groups (broad SMARTS) is 1. The lowest BCUT2D eigenvalue weighted by Gasteiger charge is -2.09. The molecule has 0 saturated heterocycles. The van der Waals surface area contributed by atoms with Crippen molar-refractivity contribution < 1.29 is 32.6 Å². The first-order valence-electron chi connectivity index (χ1n) is 4.42. The number of aromatic carboxylic acids is 1. The highest BCUT2D eigenvalue weighted by Crippen LogP contribution is 2.21. The maximum atomic E-state index is 12.0. The average Bonchev–Trinajstić information content (AvgIpc) is 2.27. The minimum absolute atomic E-state index is 0.331. The van der Waals surface area contributed by atoms with E-state index in [4.69, 9.17) is 5.11 Å². The molecule has 1 heterocycles. The first-order valence-corrected chi connectivity index (χ1v) is 4.42. The van der Waals surface area contributed by atoms with Crippen LogP contribution in [0.3, 0.4) is 0 Å². The van der Waals surface area contributed by atoms with E-state index in [9.17, 15) is 22.8 Å². The van der Waals surface area contributed by atoms with E-state index in [-0.39, 0.29) is 5.56 Å². The molecule has 1 aromatic heterocycles. The largest absolute Gasteiger partial charge is 0.480 e. The number of pyridine rings is 1. The second-order valence-electron chi connectivity index (χ2n) is 3.01. The summed E-state index contributed by atoms with van der Waals surface area (Å²) in [5.41, 5.74) is -0.331. The van der Waals surface area contributed by atoms with Crippen molar-refractivity contribution in [3.8, 4) is 5.88 Å². The lowest BCUT2D eigenvalue weighted by molar-refractivity contribution is -0.167. The minimum atomic E-state index is -5.06. The van der Waals surface area contributed by atoms with Gasteiger partial charge >= 0.3 is 18.1 Å². The third-order valence-corrected chi connectivity index (χ3v) is 1.78. The van der Waals surface area contributed by atoms with Gasteiger partial charge in [0.05, 0.1) is 7.11 Å². The Labute approximate surface area is 98.4 Å². The van der Waals surface area contributed by atoms with Crippen molar-refractivity contribution in [1.29, 1.82) is 0 Å². The number of methoxy groups -OCH3 is 1. The van der Waals surface area contributed by atoms with E-state index < -0.39 is 29.8 Å². The number of anilines is 1. The summed E-state index contributed by atoms with van der Waals surface area (Å²) in [6.07, 6.45) is -5.06. The molecule has 1 amide bonds. The zero-order valence-corrected chi connectivity index (χ0v) is 8.91. The van der Waals surface area contributed by atoms with Crippen molar-refractivity contribution in [3.05, 3.63) is 17.7 Å². The Kier molecular flexibility index (Phi) is 3.74. The van der Waals surface area contributed by atoms with Gasteiger partial charge in [0.25, 0.3) is 0 Å². The maximum absolute atomic E-state index is 12.0. The van der Waals surface area contributed by atoms with E-state index in [1.165, 1.54) is 5.32 Å². The number of carboxylic acids is 1. The summed E-state index contributed by atoms with van der Waals surface area (Å²) >= 11 is 0. The second kappa shape index (κ2) is 4.90. The number of nitrogens with zero attached hydrogens (tertiary/aromatic N) is 1. The first-order chi connectivity index (χ1) is 8.25. The van der Waals surface area contributed by atoms with Crippen LogP contribution in [0, 0.1) is 0 Å². The van der Waals surface area contributed by atoms with Crippen LogP contribution in [-0.4, -0.2) is 35.3 Å². The zero-order valence-electron chi connectivity index (χ0n) is 8.91. The molecular formula is C9H7F3N2O4. The maximum Gasteiger partial charge on any atom is 0.471 e. The van der Waals surface area contributed by atoms with Crippen molar-refractivity contribution in [2.45, 2.75) is 6.18 Å². The van der Waals surface area contributed by atoms with E-state index >= 15 is 0 Å². The lowest BCUT2D eigenvalue weighted by Crippen LogP contribution is -2.30. The Balaban J connectivity index is 3.00. The molecular weight excluding hydrogens is 257 g/mol. The Hall–Kier alpha value is -2.32. The van der Waals surface area contributed by atoms with Gasteiger partial charge in [0.1, 0.15) is 11.4 Å². The quantitative estimate of drug-likeness (QED) is 0.858. The number of alkyl halides is 3. The van der Waals surface area contributed by atoms with Gasteiger partial charge in [-0.05, 0) is 12.1 Å². The van der Waals surface area contributed by atoms with Crippen molar-refractivity contribution in [2.75, 3.05) is 12.4 Å². The molecule has 0 unspecified atom stereocenters. The van der Waals surface area contributed by atoms with E-state index in [1.54, 1.807) is 0 Å². The molecule has 0 aliphatic heterocycles. The third-order valence-electron chi connectivity index (χ3n) is 1.78. The molecule has 1 aromatic rings. The normalized spacial score (nSPS) is 10.9. The monoisotopic (exact) mass is 264 g/mol. The van der Waals surface area contributed by atoms with Crippen LogP contribution in [0.15, 0.2) is 12.1 Å². The summed E-state index contributed by atoms with van der Waals surface area (Å²) in [5, 5.41) is 10.2. The fraction of sp³-hybridized carbons (Fsp3) is 0.222. The summed E-state index contributed by atoms with van der Waals surface area (Å²) in [4.78, 5) is 24.7. The summed E-state index contributed by atoms with van der Waals surface area (Å²) < 4.78 is 40.5. The Morgan fingerprint density at radius 1 is 1.39 bits per heavy atom. The molecule has 0 bridgehead atoms. The molecule has 9 heteroatoms. The van der Waals surface area contributed by atoms with Crippen molar-refractivity contribution in [3.63, 3.8) is 0 Å². The Morgan fingerprint density at radius 2 is 2.00 bits per heavy atom. The van der Waals surface area contributed by atoms with Gasteiger partial charge in [0.15, 0.2) is 0 Å². The van der Waals surface area contributed by atoms with E-state index in [2.05, 4.69) is 9.72 Å². The van der Waals surface area contributed by atoms with Crippen LogP contribution < -0.4 is 10.1 Å². The molecule has 0 saturated carbocycles. The number of carbonyl (C=O) groups is 2. The number of hydrogen-bond donors (Lipinski definition) is 2. The molecule has 0 spiro atoms. The van der Waals surface area contributed by atoms with Crippen LogP contribution in [0.25, 0.3) is 0 Å². The Morgan fingerprint density at radius 3 is 2.44 bits per heavy atom. The molecule has 98 valence electrons. The number of nitrogens with one attached hydrogen (secondary N) is 1. The molecule has 18 heavy (non-hydrogen) atoms. The standard InChI is InChI=1S/C9H7F3N2O4/c1-18-6-4(7(15)16)2-3-5(13-6)14-8(17)9(10,11)12/h2-3H,1H3,(H,15,16)(H,13,14,17). The van der Waals surface area contributed by atoms with Gasteiger partial charge in [-0.25, -0.2) is 4.79 Å². The number of aromatic nitrogens is 1. The summed E-state index contributed by atoms with van der Waals surface area (Å²) in [7, 11) is 1.10. The molecule has 1 rings (SSSR count). The number of carbonyl (C=O) groups excluding carboxylic acids is 1. The fourth-order valence-electron chi connectivity index (χ4n) is 1.02. The van der Waals surface area contributed by atoms with Crippen LogP contribution in [-0.2, 0) is 4.79 Å². The van der Waals surface area contributed by atoms with Crippen LogP contribution in [0.5, 0.6) is 5.88 Å². The van der Waals surface area contributed by atoms with Crippen molar-refractivity contribution in [1.82, 2.24) is 4.98 Å². The van der Waals surface area contributed by atoms with E-state index in [0.717, 1.165) is 19.2 Å². The average molecular weight is 264 g/mol. The van der Waals surface area contributed by atoms with Gasteiger partial charge in [0, 0.05) is 0 Å². The highest BCUT2D eigenvalue weighted by Gasteiger charge is 2.39. The molecule has 0 aliphatic carbocycles. The second-order valence-corrected chi connectivity index (χ2v) is 3.01. The van der Waals surface area contributed by atoms with Crippen molar-refractivity contribution >= 4 is 17.7 Å². The highest BCUT2D eigenvalue weighted by molar-refractivity contribution is 5.95. The molecule has 0 fully saturated rings. The van der Waals surface area contributed by atoms with Gasteiger partial charge in [-0.1, -0.05) is 0 Å². The summed E-state index contributed by atoms with van der Waals surface area (Å²) in [5.74, 6) is -4.42. The molecule has 0 aromatic carbocycles. The highest BCUT2D eigenvalue weighted by atomic mass is 19.4. The van der Waals surface area contributed by atoms with Crippen LogP contribution in [0.4, 0.5) is 19.0 Å². The van der Waals surface area contributed by atoms with Crippen molar-refractivity contribution in [2.24, 2.45) is 0 Å². The van der Waals surface area contributed by atoms with E-state index in [0.29, 0.717) is 0 Å². The van der Waals surface area contributed by atoms with Crippen LogP contribution >= 0.6 is 0 Å². The topological polar surface area (TPSA) is 88.5 Å². The molecule has 2 N–H and O–H groups in total. The number of amides is 1. The predicted octanol–water partition coefficient (Wildman–Crippen LogP) is 1.29. The van der Waals surface area contributed by atoms with Gasteiger partial charge < -0.3 is 15.2 Å². The molecule has 0 atom stereocenters.